The van der Waals surface area contributed by atoms with Gasteiger partial charge in [0.05, 0.1) is 0 Å². The van der Waals surface area contributed by atoms with Gasteiger partial charge in [0.2, 0.25) is 6.79 Å². The first kappa shape index (κ1) is 12.5. The number of ether oxygens (including phenoxy) is 2. The first-order valence-electron chi connectivity index (χ1n) is 6.41. The zero-order valence-electron chi connectivity index (χ0n) is 11.4. The Bertz CT molecular complexity index is 659. The van der Waals surface area contributed by atoms with Gasteiger partial charge >= 0.3 is 0 Å². The van der Waals surface area contributed by atoms with Crippen LogP contribution in [0.2, 0.25) is 0 Å². The number of nitrogens with one attached hydrogen (secondary N) is 1. The first-order valence-corrected chi connectivity index (χ1v) is 6.41. The standard InChI is InChI=1S/C16H15NO3/c1-10-5-11(2)7-13(6-10)17-16(18)12-3-4-14-15(8-12)20-9-19-14/h3-8H,9H2,1-2H3,(H,17,18). The van der Waals surface area contributed by atoms with Gasteiger partial charge < -0.3 is 14.8 Å². The van der Waals surface area contributed by atoms with Gasteiger partial charge in [-0.05, 0) is 55.3 Å². The van der Waals surface area contributed by atoms with Gasteiger partial charge in [-0.1, -0.05) is 6.07 Å². The average Bonchev–Trinajstić information content (AvgIpc) is 2.84. The van der Waals surface area contributed by atoms with Gasteiger partial charge in [0, 0.05) is 11.3 Å². The Morgan fingerprint density at radius 2 is 1.70 bits per heavy atom. The van der Waals surface area contributed by atoms with Gasteiger partial charge in [-0.25, -0.2) is 0 Å². The van der Waals surface area contributed by atoms with Crippen LogP contribution in [0.5, 0.6) is 11.5 Å². The maximum absolute atomic E-state index is 12.2. The van der Waals surface area contributed by atoms with E-state index in [1.165, 1.54) is 0 Å². The summed E-state index contributed by atoms with van der Waals surface area (Å²) in [6.45, 7) is 4.21. The molecular weight excluding hydrogens is 254 g/mol. The average molecular weight is 269 g/mol. The molecule has 0 aromatic heterocycles. The molecule has 0 saturated carbocycles. The molecule has 0 atom stereocenters. The van der Waals surface area contributed by atoms with Crippen LogP contribution in [0.15, 0.2) is 36.4 Å². The van der Waals surface area contributed by atoms with E-state index in [9.17, 15) is 4.79 Å². The minimum atomic E-state index is -0.159. The van der Waals surface area contributed by atoms with Crippen molar-refractivity contribution in [2.45, 2.75) is 13.8 Å². The zero-order chi connectivity index (χ0) is 14.1. The molecule has 2 aromatic carbocycles. The molecule has 1 N–H and O–H groups in total. The highest BCUT2D eigenvalue weighted by molar-refractivity contribution is 6.04. The van der Waals surface area contributed by atoms with Crippen LogP contribution in [0.4, 0.5) is 5.69 Å². The topological polar surface area (TPSA) is 47.6 Å². The van der Waals surface area contributed by atoms with E-state index in [2.05, 4.69) is 11.4 Å². The van der Waals surface area contributed by atoms with Crippen molar-refractivity contribution in [2.24, 2.45) is 0 Å². The van der Waals surface area contributed by atoms with Crippen LogP contribution in [-0.2, 0) is 0 Å². The zero-order valence-corrected chi connectivity index (χ0v) is 11.4. The van der Waals surface area contributed by atoms with Gasteiger partial charge in [-0.3, -0.25) is 4.79 Å². The van der Waals surface area contributed by atoms with Crippen molar-refractivity contribution in [3.8, 4) is 11.5 Å². The van der Waals surface area contributed by atoms with Gasteiger partial charge in [0.25, 0.3) is 5.91 Å². The number of hydrogen-bond donors (Lipinski definition) is 1. The minimum absolute atomic E-state index is 0.159. The van der Waals surface area contributed by atoms with Crippen molar-refractivity contribution in [3.63, 3.8) is 0 Å². The molecule has 1 aliphatic rings. The molecule has 0 aliphatic carbocycles. The molecule has 1 heterocycles. The Hall–Kier alpha value is -2.49. The molecule has 2 aromatic rings. The molecule has 0 spiro atoms. The van der Waals surface area contributed by atoms with E-state index in [0.717, 1.165) is 16.8 Å². The lowest BCUT2D eigenvalue weighted by atomic mass is 10.1. The monoisotopic (exact) mass is 269 g/mol. The highest BCUT2D eigenvalue weighted by Gasteiger charge is 2.16. The smallest absolute Gasteiger partial charge is 0.255 e. The van der Waals surface area contributed by atoms with Crippen molar-refractivity contribution in [1.82, 2.24) is 0 Å². The number of carbonyl (C=O) groups excluding carboxylic acids is 1. The molecule has 0 fully saturated rings. The Kier molecular flexibility index (Phi) is 3.06. The highest BCUT2D eigenvalue weighted by atomic mass is 16.7. The van der Waals surface area contributed by atoms with Crippen molar-refractivity contribution >= 4 is 11.6 Å². The van der Waals surface area contributed by atoms with E-state index in [-0.39, 0.29) is 12.7 Å². The van der Waals surface area contributed by atoms with Crippen molar-refractivity contribution < 1.29 is 14.3 Å². The predicted octanol–water partition coefficient (Wildman–Crippen LogP) is 3.28. The Morgan fingerprint density at radius 1 is 1.00 bits per heavy atom. The summed E-state index contributed by atoms with van der Waals surface area (Å²) in [4.78, 5) is 12.2. The molecule has 0 bridgehead atoms. The fraction of sp³-hybridized carbons (Fsp3) is 0.188. The number of amides is 1. The molecule has 0 unspecified atom stereocenters. The molecule has 1 aliphatic heterocycles. The number of hydrogen-bond acceptors (Lipinski definition) is 3. The number of rotatable bonds is 2. The number of benzene rings is 2. The van der Waals surface area contributed by atoms with Crippen LogP contribution in [0.1, 0.15) is 21.5 Å². The Labute approximate surface area is 117 Å². The summed E-state index contributed by atoms with van der Waals surface area (Å²) in [6.07, 6.45) is 0. The van der Waals surface area contributed by atoms with Crippen LogP contribution < -0.4 is 14.8 Å². The SMILES string of the molecule is Cc1cc(C)cc(NC(=O)c2ccc3c(c2)OCO3)c1. The third kappa shape index (κ3) is 2.45. The third-order valence-electron chi connectivity index (χ3n) is 3.11. The van der Waals surface area contributed by atoms with E-state index in [4.69, 9.17) is 9.47 Å². The molecule has 0 saturated heterocycles. The molecule has 1 amide bonds. The summed E-state index contributed by atoms with van der Waals surface area (Å²) >= 11 is 0. The lowest BCUT2D eigenvalue weighted by molar-refractivity contribution is 0.102. The van der Waals surface area contributed by atoms with Crippen LogP contribution in [0, 0.1) is 13.8 Å². The summed E-state index contributed by atoms with van der Waals surface area (Å²) in [5.74, 6) is 1.12. The first-order chi connectivity index (χ1) is 9.61. The van der Waals surface area contributed by atoms with Crippen LogP contribution in [0.3, 0.4) is 0 Å². The normalized spacial score (nSPS) is 12.3. The van der Waals surface area contributed by atoms with Crippen molar-refractivity contribution in [1.29, 1.82) is 0 Å². The Balaban J connectivity index is 1.82. The quantitative estimate of drug-likeness (QED) is 0.910. The maximum Gasteiger partial charge on any atom is 0.255 e. The van der Waals surface area contributed by atoms with E-state index < -0.39 is 0 Å². The second-order valence-electron chi connectivity index (χ2n) is 4.90. The largest absolute Gasteiger partial charge is 0.454 e. The highest BCUT2D eigenvalue weighted by Crippen LogP contribution is 2.32. The van der Waals surface area contributed by atoms with E-state index in [1.54, 1.807) is 18.2 Å². The minimum Gasteiger partial charge on any atom is -0.454 e. The summed E-state index contributed by atoms with van der Waals surface area (Å²) in [7, 11) is 0. The second-order valence-corrected chi connectivity index (χ2v) is 4.90. The molecule has 3 rings (SSSR count). The second kappa shape index (κ2) is 4.89. The van der Waals surface area contributed by atoms with Crippen molar-refractivity contribution in [2.75, 3.05) is 12.1 Å². The molecule has 102 valence electrons. The molecule has 0 radical (unpaired) electrons. The summed E-state index contributed by atoms with van der Waals surface area (Å²) in [5.41, 5.74) is 3.58. The Morgan fingerprint density at radius 3 is 2.45 bits per heavy atom. The predicted molar refractivity (Wildman–Crippen MR) is 76.4 cm³/mol. The summed E-state index contributed by atoms with van der Waals surface area (Å²) in [5, 5.41) is 2.90. The fourth-order valence-corrected chi connectivity index (χ4v) is 2.29. The van der Waals surface area contributed by atoms with Crippen LogP contribution in [-0.4, -0.2) is 12.7 Å². The van der Waals surface area contributed by atoms with E-state index >= 15 is 0 Å². The van der Waals surface area contributed by atoms with Crippen LogP contribution in [0.25, 0.3) is 0 Å². The number of fused-ring (bicyclic) bond motifs is 1. The lowest BCUT2D eigenvalue weighted by Gasteiger charge is -2.08. The molecule has 4 nitrogen and oxygen atoms in total. The van der Waals surface area contributed by atoms with E-state index in [0.29, 0.717) is 17.1 Å². The number of carbonyl (C=O) groups is 1. The fourth-order valence-electron chi connectivity index (χ4n) is 2.29. The maximum atomic E-state index is 12.2. The molecule has 4 heteroatoms. The van der Waals surface area contributed by atoms with Gasteiger partial charge in [-0.15, -0.1) is 0 Å². The van der Waals surface area contributed by atoms with Gasteiger partial charge in [0.15, 0.2) is 11.5 Å². The van der Waals surface area contributed by atoms with Crippen molar-refractivity contribution in [3.05, 3.63) is 53.1 Å². The third-order valence-corrected chi connectivity index (χ3v) is 3.11. The molecular formula is C16H15NO3. The van der Waals surface area contributed by atoms with Crippen LogP contribution >= 0.6 is 0 Å². The number of aryl methyl sites for hydroxylation is 2. The van der Waals surface area contributed by atoms with Gasteiger partial charge in [0.1, 0.15) is 0 Å². The lowest BCUT2D eigenvalue weighted by Crippen LogP contribution is -2.12. The van der Waals surface area contributed by atoms with Gasteiger partial charge in [-0.2, -0.15) is 0 Å². The van der Waals surface area contributed by atoms with E-state index in [1.807, 2.05) is 26.0 Å². The number of anilines is 1. The summed E-state index contributed by atoms with van der Waals surface area (Å²) < 4.78 is 10.5. The summed E-state index contributed by atoms with van der Waals surface area (Å²) in [6, 6.07) is 11.1. The molecule has 20 heavy (non-hydrogen) atoms.